The normalized spacial score (nSPS) is 14.3. The third-order valence-corrected chi connectivity index (χ3v) is 16.6. The van der Waals surface area contributed by atoms with E-state index in [0.717, 1.165) is 59.9 Å². The van der Waals surface area contributed by atoms with Gasteiger partial charge in [0.25, 0.3) is 0 Å². The van der Waals surface area contributed by atoms with Crippen LogP contribution in [0.25, 0.3) is 16.0 Å². The Kier molecular flexibility index (Phi) is 39.7. The van der Waals surface area contributed by atoms with E-state index in [0.29, 0.717) is 59.4 Å². The van der Waals surface area contributed by atoms with Crippen molar-refractivity contribution in [2.45, 2.75) is 262 Å². The molecule has 7 nitrogen and oxygen atoms in total. The van der Waals surface area contributed by atoms with E-state index in [1.807, 2.05) is 72.8 Å². The van der Waals surface area contributed by atoms with Crippen LogP contribution in [0.5, 0.6) is 0 Å². The molecular formula is C83H119Mg2N6O+3. The summed E-state index contributed by atoms with van der Waals surface area (Å²) in [4.78, 5) is 10.5. The molecule has 0 atom stereocenters. The minimum atomic E-state index is -0.0567. The quantitative estimate of drug-likeness (QED) is 0.0445. The third-order valence-electron chi connectivity index (χ3n) is 16.6. The van der Waals surface area contributed by atoms with E-state index in [4.69, 9.17) is 10.6 Å². The Morgan fingerprint density at radius 2 is 0.598 bits per heavy atom. The maximum absolute atomic E-state index is 11.7. The van der Waals surface area contributed by atoms with Crippen molar-refractivity contribution < 1.29 is 20.1 Å². The van der Waals surface area contributed by atoms with Crippen LogP contribution in [0.1, 0.15) is 295 Å². The predicted octanol–water partition coefficient (Wildman–Crippen LogP) is 19.4. The van der Waals surface area contributed by atoms with Gasteiger partial charge in [-0.1, -0.05) is 331 Å². The summed E-state index contributed by atoms with van der Waals surface area (Å²) in [5, 5.41) is 26.2. The Morgan fingerprint density at radius 1 is 0.359 bits per heavy atom. The number of allylic oxidation sites excluding steroid dienone is 4. The van der Waals surface area contributed by atoms with Crippen LogP contribution >= 0.6 is 0 Å². The molecule has 2 aliphatic carbocycles. The van der Waals surface area contributed by atoms with Crippen LogP contribution in [-0.4, -0.2) is 75.6 Å². The van der Waals surface area contributed by atoms with E-state index in [1.165, 1.54) is 94.4 Å². The van der Waals surface area contributed by atoms with Gasteiger partial charge in [-0.25, -0.2) is 9.98 Å². The maximum atomic E-state index is 11.7. The van der Waals surface area contributed by atoms with Crippen LogP contribution < -0.4 is 20.1 Å². The number of benzene rings is 6. The molecule has 0 unspecified atom stereocenters. The molecule has 2 fully saturated rings. The Bertz CT molecular complexity index is 2830. The van der Waals surface area contributed by atoms with E-state index >= 15 is 0 Å². The van der Waals surface area contributed by atoms with E-state index in [1.54, 1.807) is 0 Å². The van der Waals surface area contributed by atoms with Gasteiger partial charge in [-0.3, -0.25) is 5.32 Å². The summed E-state index contributed by atoms with van der Waals surface area (Å²) in [6.45, 7) is 44.5. The molecule has 0 aliphatic heterocycles. The summed E-state index contributed by atoms with van der Waals surface area (Å²) < 4.78 is 0. The number of nitrogens with zero attached hydrogens (tertiary/aromatic N) is 3. The largest absolute Gasteiger partial charge is 2.00 e. The molecule has 6 aromatic rings. The first-order valence-electron chi connectivity index (χ1n) is 34.4. The van der Waals surface area contributed by atoms with E-state index in [9.17, 15) is 5.11 Å². The molecule has 2 aliphatic rings. The van der Waals surface area contributed by atoms with Crippen LogP contribution in [-0.2, 0) is 0 Å². The van der Waals surface area contributed by atoms with Gasteiger partial charge in [0.05, 0.1) is 6.04 Å². The second-order valence-corrected chi connectivity index (χ2v) is 27.4. The fraction of sp³-hybridized carbons (Fsp3) is 0.482. The van der Waals surface area contributed by atoms with Crippen molar-refractivity contribution in [1.82, 2.24) is 0 Å². The molecule has 0 saturated heterocycles. The molecule has 0 amide bonds. The zero-order valence-electron chi connectivity index (χ0n) is 61.0. The van der Waals surface area contributed by atoms with Gasteiger partial charge >= 0.3 is 46.1 Å². The molecule has 9 heteroatoms. The Hall–Kier alpha value is -5.46. The Labute approximate surface area is 593 Å². The summed E-state index contributed by atoms with van der Waals surface area (Å²) >= 11 is 0. The first-order chi connectivity index (χ1) is 42.9. The number of para-hydroxylation sites is 4. The molecule has 0 aromatic heterocycles. The Balaban J connectivity index is 0.000000438. The Morgan fingerprint density at radius 3 is 0.848 bits per heavy atom. The number of amidine groups is 1. The minimum absolute atomic E-state index is 0. The van der Waals surface area contributed by atoms with E-state index < -0.39 is 0 Å². The third kappa shape index (κ3) is 29.0. The molecule has 488 valence electrons. The molecule has 0 bridgehead atoms. The van der Waals surface area contributed by atoms with Gasteiger partial charge in [-0.2, -0.15) is 11.4 Å². The van der Waals surface area contributed by atoms with E-state index in [-0.39, 0.29) is 52.1 Å². The van der Waals surface area contributed by atoms with Gasteiger partial charge in [0, 0.05) is 48.2 Å². The fourth-order valence-corrected chi connectivity index (χ4v) is 11.8. The molecule has 8 rings (SSSR count). The smallest absolute Gasteiger partial charge is 0.846 e. The molecule has 6 aromatic carbocycles. The fourth-order valence-electron chi connectivity index (χ4n) is 11.8. The zero-order valence-corrected chi connectivity index (χ0v) is 63.8. The summed E-state index contributed by atoms with van der Waals surface area (Å²) in [6.07, 6.45) is 16.5. The van der Waals surface area contributed by atoms with Crippen molar-refractivity contribution in [3.8, 4) is 0 Å². The van der Waals surface area contributed by atoms with Crippen molar-refractivity contribution in [1.29, 1.82) is 0 Å². The topological polar surface area (TPSA) is 107 Å². The SMILES string of the molecule is CC(/C=C(/C)[N-]c1c(C(C)C)cccc1C(C)C)=[NH+]c1c(C(C)C)cccc1C(C)C.CC(/C=C(/C)[N-]c1c(C(C)C)cccc1C(C)C)=[NH+]c1c(C(C)C)cccc1C(C)C.[Mg+2].[Mg+2].[O-]C([N-]C1CCCCC1)=[NH+]C1CCCCC1.c1ccccc1.c1ccccc1. The molecule has 3 N–H and O–H groups in total. The van der Waals surface area contributed by atoms with Crippen LogP contribution in [0, 0.1) is 0 Å². The van der Waals surface area contributed by atoms with Gasteiger partial charge in [0.1, 0.15) is 0 Å². The molecule has 92 heavy (non-hydrogen) atoms. The average molecular weight is 1270 g/mol. The van der Waals surface area contributed by atoms with Gasteiger partial charge < -0.3 is 20.7 Å². The second kappa shape index (κ2) is 44.3. The van der Waals surface area contributed by atoms with E-state index in [2.05, 4.69) is 244 Å². The average Bonchev–Trinajstić information content (AvgIpc) is 0.916. The van der Waals surface area contributed by atoms with Crippen molar-refractivity contribution in [2.24, 2.45) is 0 Å². The van der Waals surface area contributed by atoms with Crippen LogP contribution in [0.15, 0.2) is 169 Å². The number of hydrogen-bond donors (Lipinski definition) is 3. The van der Waals surface area contributed by atoms with Crippen LogP contribution in [0.2, 0.25) is 0 Å². The maximum Gasteiger partial charge on any atom is 2.00 e. The number of rotatable bonds is 18. The minimum Gasteiger partial charge on any atom is -0.846 e. The van der Waals surface area contributed by atoms with Crippen molar-refractivity contribution in [3.63, 3.8) is 0 Å². The van der Waals surface area contributed by atoms with Gasteiger partial charge in [-0.05, 0) is 85.2 Å². The molecule has 0 radical (unpaired) electrons. The van der Waals surface area contributed by atoms with Crippen LogP contribution in [0.4, 0.5) is 22.7 Å². The van der Waals surface area contributed by atoms with Crippen molar-refractivity contribution in [2.75, 3.05) is 0 Å². The summed E-state index contributed by atoms with van der Waals surface area (Å²) in [5.41, 5.74) is 19.8. The molecule has 0 spiro atoms. The number of nitrogens with one attached hydrogen (secondary N) is 3. The zero-order chi connectivity index (χ0) is 66.3. The molecule has 0 heterocycles. The molecular weight excluding hydrogens is 1150 g/mol. The number of hydrogen-bond acceptors (Lipinski definition) is 1. The van der Waals surface area contributed by atoms with Crippen LogP contribution in [0.3, 0.4) is 0 Å². The molecule has 2 saturated carbocycles. The standard InChI is InChI=1S/2C29H41N2.C13H23N2O.2C6H6.2Mg/c2*1-18(2)24-13-11-14-25(19(3)4)28(24)30-22(9)17-23(10)31-29-26(20(5)6)15-12-16-27(29)21(7)8;16-13(14-11-7-3-1-4-8-11)15-12-9-5-2-6-10-12;2*1-2-4-6-5-3-1;;/h2*11-21H,1-10H3;11-12H,1-10H2,(H-,14,15,16);2*1-6H;;/q3*-1;;;2*+2/p+2/b2*22-17-,31-23?;;;;;. The first-order valence-corrected chi connectivity index (χ1v) is 34.4. The summed E-state index contributed by atoms with van der Waals surface area (Å²) in [5.74, 6) is 3.65. The second-order valence-electron chi connectivity index (χ2n) is 27.4. The predicted molar refractivity (Wildman–Crippen MR) is 402 cm³/mol. The first kappa shape index (κ1) is 82.6. The monoisotopic (exact) mass is 1260 g/mol. The summed E-state index contributed by atoms with van der Waals surface area (Å²) in [6, 6.07) is 51.1. The van der Waals surface area contributed by atoms with Gasteiger partial charge in [-0.15, -0.1) is 11.4 Å². The summed E-state index contributed by atoms with van der Waals surface area (Å²) in [7, 11) is 0. The van der Waals surface area contributed by atoms with Crippen molar-refractivity contribution in [3.05, 3.63) is 230 Å². The van der Waals surface area contributed by atoms with Crippen molar-refractivity contribution >= 4 is 86.3 Å². The van der Waals surface area contributed by atoms with Gasteiger partial charge in [0.2, 0.25) is 11.4 Å². The van der Waals surface area contributed by atoms with Gasteiger partial charge in [0.15, 0.2) is 11.4 Å².